The Morgan fingerprint density at radius 2 is 0.603 bits per heavy atom. The SMILES string of the molecule is N/N=N/N=N/N=N/N=N/N=N/N=N/N=N/N=N/N=N/N=N/N=N/N=N/N=N/N=N/N=N/N=N/N=N/N=N/N=N/N=N/N=N/N.[C-]#[N+]c1ccc(-n2c3ccncc3c3cc(-n4c5ccccc5c5ccccc54)ccc32)cc1. The molecule has 0 bridgehead atoms. The molecule has 0 atom stereocenters. The first kappa shape index (κ1) is 53.7. The van der Waals surface area contributed by atoms with Crippen LogP contribution in [0.3, 0.4) is 0 Å². The maximum Gasteiger partial charge on any atom is 0.187 e. The summed E-state index contributed by atoms with van der Waals surface area (Å²) in [6.45, 7) is 7.27. The summed E-state index contributed by atoms with van der Waals surface area (Å²) >= 11 is 0. The zero-order valence-corrected chi connectivity index (χ0v) is 38.1. The van der Waals surface area contributed by atoms with Crippen LogP contribution in [0.5, 0.6) is 0 Å². The van der Waals surface area contributed by atoms with Crippen molar-refractivity contribution in [2.75, 3.05) is 0 Å². The Kier molecular flexibility index (Phi) is 22.2. The molecule has 7 rings (SSSR count). The Bertz CT molecular complexity index is 3630. The van der Waals surface area contributed by atoms with E-state index in [0.29, 0.717) is 5.69 Å². The molecule has 0 saturated carbocycles. The summed E-state index contributed by atoms with van der Waals surface area (Å²) in [5.41, 5.74) is 7.39. The minimum Gasteiger partial charge on any atom is -0.309 e. The lowest BCUT2D eigenvalue weighted by molar-refractivity contribution is 0.726. The van der Waals surface area contributed by atoms with Crippen LogP contribution in [0.25, 0.3) is 59.8 Å². The largest absolute Gasteiger partial charge is 0.309 e. The van der Waals surface area contributed by atoms with Crippen LogP contribution in [-0.4, -0.2) is 14.1 Å². The Hall–Kier alpha value is -13.7. The van der Waals surface area contributed by atoms with Crippen molar-refractivity contribution in [1.29, 1.82) is 0 Å². The van der Waals surface area contributed by atoms with Crippen LogP contribution < -0.4 is 11.7 Å². The highest BCUT2D eigenvalue weighted by Crippen LogP contribution is 2.36. The quantitative estimate of drug-likeness (QED) is 0.0289. The third kappa shape index (κ3) is 17.0. The molecule has 0 spiro atoms. The second-order valence-corrected chi connectivity index (χ2v) is 12.2. The highest BCUT2D eigenvalue weighted by molar-refractivity contribution is 6.12. The molecule has 0 aliphatic heterocycles. The second kappa shape index (κ2) is 32.3. The Morgan fingerprint density at radius 1 is 0.308 bits per heavy atom. The standard InChI is InChI=1S/C30H18N4.H4N44/c1-31-20-10-12-21(13-11-20)33-29-15-14-22(18-25(29)26-19-32-17-16-30(26)33)34-27-8-4-2-6-23(27)24-7-3-5-9-28(24)34;1-3-5-7-9-11-13-15-17-19-21-23-25-27-29-31-33-35-37-39-41-43-44-42-40-38-36-34-32-30-28-26-24-22-20-18-16-14-12-10-8-6-4-2/h2-19H;(H2,1,4,5,8,9,12,13,16,17,20,21,24,25,28,29,32,33,36,37,40,41,44)(H2,2,3,6,7,10,11,14,15,18,19,22,23,26,27,30,31,34,35,38,39,42,43). The Labute approximate surface area is 426 Å². The number of hydrogen-bond acceptors (Lipinski definition) is 3. The van der Waals surface area contributed by atoms with Gasteiger partial charge in [-0.15, -0.1) is 0 Å². The molecule has 0 aliphatic rings. The molecule has 0 unspecified atom stereocenters. The van der Waals surface area contributed by atoms with Gasteiger partial charge >= 0.3 is 0 Å². The molecule has 0 aliphatic carbocycles. The highest BCUT2D eigenvalue weighted by atomic mass is 15.7. The summed E-state index contributed by atoms with van der Waals surface area (Å²) in [5.74, 6) is 9.24. The van der Waals surface area contributed by atoms with Gasteiger partial charge in [-0.2, -0.15) is 0 Å². The third-order valence-corrected chi connectivity index (χ3v) is 8.29. The molecule has 48 heteroatoms. The molecule has 0 fully saturated rings. The number of benzene rings is 4. The summed E-state index contributed by atoms with van der Waals surface area (Å²) < 4.78 is 4.59. The first-order chi connectivity index (χ1) is 38.7. The lowest BCUT2D eigenvalue weighted by Crippen LogP contribution is -1.95. The van der Waals surface area contributed by atoms with Crippen LogP contribution >= 0.6 is 0 Å². The normalized spacial score (nSPS) is 13.7. The predicted octanol–water partition coefficient (Wildman–Crippen LogP) is 14.4. The van der Waals surface area contributed by atoms with Crippen molar-refractivity contribution >= 4 is 49.3 Å². The van der Waals surface area contributed by atoms with E-state index in [-0.39, 0.29) is 0 Å². The molecule has 3 heterocycles. The molecule has 78 heavy (non-hydrogen) atoms. The second-order valence-electron chi connectivity index (χ2n) is 12.2. The van der Waals surface area contributed by atoms with Gasteiger partial charge in [-0.25, -0.2) is 4.85 Å². The maximum atomic E-state index is 7.27. The van der Waals surface area contributed by atoms with Gasteiger partial charge in [0.05, 0.1) is 28.6 Å². The van der Waals surface area contributed by atoms with Crippen LogP contribution in [0, 0.1) is 6.57 Å². The fraction of sp³-hybridized carbons (Fsp3) is 0. The molecular weight excluding hydrogens is 1030 g/mol. The van der Waals surface area contributed by atoms with Gasteiger partial charge in [0.15, 0.2) is 5.69 Å². The molecule has 3 aromatic heterocycles. The minimum absolute atomic E-state index is 0.639. The van der Waals surface area contributed by atoms with E-state index in [1.165, 1.54) is 21.8 Å². The molecule has 0 radical (unpaired) electrons. The molecule has 382 valence electrons. The van der Waals surface area contributed by atoms with Crippen LogP contribution in [0.2, 0.25) is 0 Å². The Morgan fingerprint density at radius 3 is 0.949 bits per heavy atom. The van der Waals surface area contributed by atoms with Gasteiger partial charge in [0, 0.05) is 181 Å². The van der Waals surface area contributed by atoms with Gasteiger partial charge in [-0.3, -0.25) is 4.98 Å². The van der Waals surface area contributed by atoms with Crippen LogP contribution in [0.1, 0.15) is 0 Å². The lowest BCUT2D eigenvalue weighted by atomic mass is 10.1. The minimum atomic E-state index is 0.639. The molecule has 48 nitrogen and oxygen atoms in total. The first-order valence-electron chi connectivity index (χ1n) is 19.9. The van der Waals surface area contributed by atoms with Gasteiger partial charge in [0.1, 0.15) is 0 Å². The van der Waals surface area contributed by atoms with E-state index in [1.807, 2.05) is 36.7 Å². The highest BCUT2D eigenvalue weighted by Gasteiger charge is 2.16. The number of pyridine rings is 1. The number of para-hydroxylation sites is 2. The zero-order chi connectivity index (χ0) is 54.3. The smallest absolute Gasteiger partial charge is 0.187 e. The summed E-state index contributed by atoms with van der Waals surface area (Å²) in [6.07, 6.45) is 3.77. The lowest BCUT2D eigenvalue weighted by Gasteiger charge is -2.10. The van der Waals surface area contributed by atoms with Crippen molar-refractivity contribution in [2.24, 2.45) is 231 Å². The molecule has 0 amide bonds. The molecule has 7 aromatic rings. The monoisotopic (exact) mass is 1050 g/mol. The van der Waals surface area contributed by atoms with Gasteiger partial charge in [-0.1, -0.05) is 59.0 Å². The summed E-state index contributed by atoms with van der Waals surface area (Å²) in [5, 5.41) is 130. The summed E-state index contributed by atoms with van der Waals surface area (Å²) in [7, 11) is 0. The fourth-order valence-electron chi connectivity index (χ4n) is 5.87. The van der Waals surface area contributed by atoms with Crippen molar-refractivity contribution in [3.05, 3.63) is 121 Å². The van der Waals surface area contributed by atoms with Crippen molar-refractivity contribution in [3.8, 4) is 11.4 Å². The van der Waals surface area contributed by atoms with E-state index in [9.17, 15) is 0 Å². The van der Waals surface area contributed by atoms with Crippen LogP contribution in [0.4, 0.5) is 5.69 Å². The number of rotatable bonds is 22. The van der Waals surface area contributed by atoms with Gasteiger partial charge in [-0.05, 0) is 122 Å². The van der Waals surface area contributed by atoms with E-state index in [1.54, 1.807) is 0 Å². The molecule has 0 saturated heterocycles. The van der Waals surface area contributed by atoms with E-state index >= 15 is 0 Å². The fourth-order valence-corrected chi connectivity index (χ4v) is 5.87. The van der Waals surface area contributed by atoms with E-state index in [4.69, 9.17) is 6.57 Å². The number of nitrogens with zero attached hydrogens (tertiary/aromatic N) is 46. The van der Waals surface area contributed by atoms with Crippen molar-refractivity contribution in [2.45, 2.75) is 0 Å². The van der Waals surface area contributed by atoms with Crippen LogP contribution in [0.15, 0.2) is 329 Å². The predicted molar refractivity (Wildman–Crippen MR) is 250 cm³/mol. The number of nitrogens with two attached hydrogens (primary N) is 2. The molecular formula is C30H22N48. The van der Waals surface area contributed by atoms with Crippen molar-refractivity contribution in [3.63, 3.8) is 0 Å². The molecule has 4 N–H and O–H groups in total. The zero-order valence-electron chi connectivity index (χ0n) is 38.1. The summed E-state index contributed by atoms with van der Waals surface area (Å²) in [4.78, 5) is 7.97. The van der Waals surface area contributed by atoms with E-state index in [2.05, 4.69) is 323 Å². The third-order valence-electron chi connectivity index (χ3n) is 8.29. The van der Waals surface area contributed by atoms with Crippen molar-refractivity contribution < 1.29 is 0 Å². The molecule has 4 aromatic carbocycles. The van der Waals surface area contributed by atoms with Gasteiger partial charge in [0.25, 0.3) is 0 Å². The average Bonchev–Trinajstić information content (AvgIpc) is 4.06. The van der Waals surface area contributed by atoms with Gasteiger partial charge in [0.2, 0.25) is 0 Å². The summed E-state index contributed by atoms with van der Waals surface area (Å²) in [6, 6.07) is 33.6. The van der Waals surface area contributed by atoms with Crippen LogP contribution in [-0.2, 0) is 0 Å². The van der Waals surface area contributed by atoms with Gasteiger partial charge < -0.3 is 20.8 Å². The van der Waals surface area contributed by atoms with Crippen molar-refractivity contribution in [1.82, 2.24) is 14.1 Å². The number of hydrogen-bond donors (Lipinski definition) is 2. The first-order valence-corrected chi connectivity index (χ1v) is 19.9. The van der Waals surface area contributed by atoms with E-state index < -0.39 is 0 Å². The topological polar surface area (TPSA) is 598 Å². The number of fused-ring (bicyclic) bond motifs is 6. The maximum absolute atomic E-state index is 7.27. The average molecular weight is 1050 g/mol. The number of aromatic nitrogens is 3. The van der Waals surface area contributed by atoms with E-state index in [0.717, 1.165) is 33.2 Å². The Balaban J connectivity index is 0.000000258.